The van der Waals surface area contributed by atoms with E-state index in [9.17, 15) is 9.59 Å². The summed E-state index contributed by atoms with van der Waals surface area (Å²) in [5.41, 5.74) is 2.96. The lowest BCUT2D eigenvalue weighted by Gasteiger charge is -2.15. The van der Waals surface area contributed by atoms with E-state index in [-0.39, 0.29) is 11.8 Å². The number of carbonyl (C=O) groups excluding carboxylic acids is 2. The normalized spacial score (nSPS) is 12.5. The largest absolute Gasteiger partial charge is 0.493 e. The highest BCUT2D eigenvalue weighted by Crippen LogP contribution is 2.37. The van der Waals surface area contributed by atoms with Gasteiger partial charge < -0.3 is 19.7 Å². The Morgan fingerprint density at radius 1 is 1.25 bits per heavy atom. The zero-order valence-electron chi connectivity index (χ0n) is 16.2. The Kier molecular flexibility index (Phi) is 6.09. The molecule has 0 spiro atoms. The first kappa shape index (κ1) is 20.0. The van der Waals surface area contributed by atoms with Crippen LogP contribution in [0.3, 0.4) is 0 Å². The van der Waals surface area contributed by atoms with E-state index in [1.807, 2.05) is 19.1 Å². The molecule has 0 saturated heterocycles. The Morgan fingerprint density at radius 2 is 2.04 bits per heavy atom. The van der Waals surface area contributed by atoms with E-state index in [4.69, 9.17) is 21.1 Å². The molecule has 0 atom stereocenters. The van der Waals surface area contributed by atoms with Crippen molar-refractivity contribution >= 4 is 34.8 Å². The second kappa shape index (κ2) is 8.52. The van der Waals surface area contributed by atoms with E-state index >= 15 is 0 Å². The zero-order valence-corrected chi connectivity index (χ0v) is 16.9. The van der Waals surface area contributed by atoms with Crippen LogP contribution in [0.1, 0.15) is 36.2 Å². The first-order chi connectivity index (χ1) is 13.4. The SMILES string of the molecule is CCCOc1c(Cl)cc(C(=O)Nc2ccc3c(c2)CCN3C(C)=O)cc1OC. The summed E-state index contributed by atoms with van der Waals surface area (Å²) >= 11 is 6.30. The predicted octanol–water partition coefficient (Wildman–Crippen LogP) is 4.30. The van der Waals surface area contributed by atoms with Gasteiger partial charge in [0, 0.05) is 30.4 Å². The second-order valence-corrected chi connectivity index (χ2v) is 6.96. The molecule has 2 amide bonds. The Labute approximate surface area is 169 Å². The van der Waals surface area contributed by atoms with Gasteiger partial charge in [0.1, 0.15) is 0 Å². The first-order valence-corrected chi connectivity index (χ1v) is 9.55. The summed E-state index contributed by atoms with van der Waals surface area (Å²) in [6.45, 7) is 4.71. The molecule has 3 rings (SSSR count). The number of methoxy groups -OCH3 is 1. The minimum Gasteiger partial charge on any atom is -0.493 e. The molecule has 0 radical (unpaired) electrons. The molecule has 1 heterocycles. The molecule has 7 heteroatoms. The Balaban J connectivity index is 1.80. The summed E-state index contributed by atoms with van der Waals surface area (Å²) in [7, 11) is 1.51. The third kappa shape index (κ3) is 4.07. The summed E-state index contributed by atoms with van der Waals surface area (Å²) in [5.74, 6) is 0.563. The Morgan fingerprint density at radius 3 is 2.71 bits per heavy atom. The topological polar surface area (TPSA) is 67.9 Å². The monoisotopic (exact) mass is 402 g/mol. The molecule has 0 fully saturated rings. The highest BCUT2D eigenvalue weighted by Gasteiger charge is 2.23. The lowest BCUT2D eigenvalue weighted by Crippen LogP contribution is -2.25. The van der Waals surface area contributed by atoms with Gasteiger partial charge in [-0.3, -0.25) is 9.59 Å². The number of fused-ring (bicyclic) bond motifs is 1. The van der Waals surface area contributed by atoms with Crippen LogP contribution in [-0.4, -0.2) is 32.1 Å². The van der Waals surface area contributed by atoms with Crippen molar-refractivity contribution < 1.29 is 19.1 Å². The van der Waals surface area contributed by atoms with Gasteiger partial charge in [0.15, 0.2) is 11.5 Å². The van der Waals surface area contributed by atoms with Crippen molar-refractivity contribution in [1.29, 1.82) is 0 Å². The number of nitrogens with one attached hydrogen (secondary N) is 1. The molecule has 0 aromatic heterocycles. The first-order valence-electron chi connectivity index (χ1n) is 9.17. The van der Waals surface area contributed by atoms with Gasteiger partial charge in [-0.2, -0.15) is 0 Å². The molecule has 2 aromatic carbocycles. The highest BCUT2D eigenvalue weighted by atomic mass is 35.5. The smallest absolute Gasteiger partial charge is 0.255 e. The van der Waals surface area contributed by atoms with E-state index in [2.05, 4.69) is 5.32 Å². The van der Waals surface area contributed by atoms with Gasteiger partial charge in [-0.05, 0) is 48.7 Å². The number of rotatable bonds is 6. The maximum absolute atomic E-state index is 12.7. The van der Waals surface area contributed by atoms with Gasteiger partial charge in [0.05, 0.1) is 18.7 Å². The summed E-state index contributed by atoms with van der Waals surface area (Å²) in [4.78, 5) is 26.1. The summed E-state index contributed by atoms with van der Waals surface area (Å²) in [6, 6.07) is 8.71. The predicted molar refractivity (Wildman–Crippen MR) is 110 cm³/mol. The molecule has 2 aromatic rings. The van der Waals surface area contributed by atoms with Crippen LogP contribution < -0.4 is 19.7 Å². The summed E-state index contributed by atoms with van der Waals surface area (Å²) in [6.07, 6.45) is 1.60. The molecule has 1 aliphatic rings. The van der Waals surface area contributed by atoms with E-state index < -0.39 is 0 Å². The number of amides is 2. The van der Waals surface area contributed by atoms with Crippen molar-refractivity contribution in [2.24, 2.45) is 0 Å². The second-order valence-electron chi connectivity index (χ2n) is 6.56. The van der Waals surface area contributed by atoms with Crippen molar-refractivity contribution in [2.75, 3.05) is 30.5 Å². The number of carbonyl (C=O) groups is 2. The van der Waals surface area contributed by atoms with Crippen molar-refractivity contribution in [3.63, 3.8) is 0 Å². The molecule has 0 unspecified atom stereocenters. The number of anilines is 2. The maximum Gasteiger partial charge on any atom is 0.255 e. The molecular weight excluding hydrogens is 380 g/mol. The lowest BCUT2D eigenvalue weighted by atomic mass is 10.1. The van der Waals surface area contributed by atoms with Crippen LogP contribution in [0, 0.1) is 0 Å². The standard InChI is InChI=1S/C21H23ClN2O4/c1-4-9-28-20-17(22)11-15(12-19(20)27-3)21(26)23-16-5-6-18-14(10-16)7-8-24(18)13(2)25/h5-6,10-12H,4,7-9H2,1-3H3,(H,23,26). The summed E-state index contributed by atoms with van der Waals surface area (Å²) < 4.78 is 11.0. The van der Waals surface area contributed by atoms with Crippen LogP contribution >= 0.6 is 11.6 Å². The minimum absolute atomic E-state index is 0.0163. The Bertz CT molecular complexity index is 914. The van der Waals surface area contributed by atoms with Gasteiger partial charge in [-0.25, -0.2) is 0 Å². The molecule has 148 valence electrons. The number of halogens is 1. The van der Waals surface area contributed by atoms with E-state index in [1.165, 1.54) is 7.11 Å². The van der Waals surface area contributed by atoms with Gasteiger partial charge in [-0.1, -0.05) is 18.5 Å². The third-order valence-corrected chi connectivity index (χ3v) is 4.84. The van der Waals surface area contributed by atoms with Crippen LogP contribution in [0.4, 0.5) is 11.4 Å². The molecule has 0 aliphatic carbocycles. The quantitative estimate of drug-likeness (QED) is 0.782. The van der Waals surface area contributed by atoms with Crippen LogP contribution in [0.25, 0.3) is 0 Å². The third-order valence-electron chi connectivity index (χ3n) is 4.56. The van der Waals surface area contributed by atoms with Crippen LogP contribution in [-0.2, 0) is 11.2 Å². The number of ether oxygens (including phenoxy) is 2. The molecule has 1 N–H and O–H groups in total. The van der Waals surface area contributed by atoms with E-state index in [0.717, 1.165) is 24.1 Å². The van der Waals surface area contributed by atoms with Gasteiger partial charge in [0.2, 0.25) is 5.91 Å². The van der Waals surface area contributed by atoms with Crippen LogP contribution in [0.2, 0.25) is 5.02 Å². The molecule has 1 aliphatic heterocycles. The minimum atomic E-state index is -0.302. The fourth-order valence-electron chi connectivity index (χ4n) is 3.20. The van der Waals surface area contributed by atoms with E-state index in [1.54, 1.807) is 30.0 Å². The molecule has 28 heavy (non-hydrogen) atoms. The summed E-state index contributed by atoms with van der Waals surface area (Å²) in [5, 5.41) is 3.20. The van der Waals surface area contributed by atoms with Crippen molar-refractivity contribution in [3.05, 3.63) is 46.5 Å². The molecule has 0 bridgehead atoms. The van der Waals surface area contributed by atoms with Gasteiger partial charge in [0.25, 0.3) is 5.91 Å². The van der Waals surface area contributed by atoms with Crippen molar-refractivity contribution in [1.82, 2.24) is 0 Å². The average molecular weight is 403 g/mol. The highest BCUT2D eigenvalue weighted by molar-refractivity contribution is 6.32. The number of benzene rings is 2. The lowest BCUT2D eigenvalue weighted by molar-refractivity contribution is -0.116. The number of hydrogen-bond donors (Lipinski definition) is 1. The molecule has 6 nitrogen and oxygen atoms in total. The fraction of sp³-hybridized carbons (Fsp3) is 0.333. The molecular formula is C21H23ClN2O4. The molecule has 0 saturated carbocycles. The van der Waals surface area contributed by atoms with Crippen molar-refractivity contribution in [3.8, 4) is 11.5 Å². The zero-order chi connectivity index (χ0) is 20.3. The van der Waals surface area contributed by atoms with Crippen LogP contribution in [0.15, 0.2) is 30.3 Å². The van der Waals surface area contributed by atoms with Crippen LogP contribution in [0.5, 0.6) is 11.5 Å². The van der Waals surface area contributed by atoms with Gasteiger partial charge in [-0.15, -0.1) is 0 Å². The fourth-order valence-corrected chi connectivity index (χ4v) is 3.47. The average Bonchev–Trinajstić information content (AvgIpc) is 3.10. The maximum atomic E-state index is 12.7. The Hall–Kier alpha value is -2.73. The number of nitrogens with zero attached hydrogens (tertiary/aromatic N) is 1. The van der Waals surface area contributed by atoms with Crippen molar-refractivity contribution in [2.45, 2.75) is 26.7 Å². The number of hydrogen-bond acceptors (Lipinski definition) is 4. The van der Waals surface area contributed by atoms with Gasteiger partial charge >= 0.3 is 0 Å². The van der Waals surface area contributed by atoms with E-state index in [0.29, 0.717) is 40.9 Å².